The number of nitrogens with zero attached hydrogens (tertiary/aromatic N) is 1. The summed E-state index contributed by atoms with van der Waals surface area (Å²) in [6.07, 6.45) is 33.3. The van der Waals surface area contributed by atoms with E-state index < -0.39 is 0 Å². The summed E-state index contributed by atoms with van der Waals surface area (Å²) in [5.74, 6) is 0. The Labute approximate surface area is 213 Å². The summed E-state index contributed by atoms with van der Waals surface area (Å²) in [5, 5.41) is 0. The second-order valence-corrected chi connectivity index (χ2v) is 10.4. The van der Waals surface area contributed by atoms with Crippen LogP contribution < -0.4 is 0 Å². The lowest BCUT2D eigenvalue weighted by molar-refractivity contribution is -0.0481. The molecule has 1 rings (SSSR count). The van der Waals surface area contributed by atoms with Crippen LogP contribution in [0.4, 0.5) is 0 Å². The largest absolute Gasteiger partial charge is 0.374 e. The first-order chi connectivity index (χ1) is 16.8. The first-order valence-corrected chi connectivity index (χ1v) is 15.0. The lowest BCUT2D eigenvalue weighted by Gasteiger charge is -2.20. The highest BCUT2D eigenvalue weighted by Crippen LogP contribution is 2.17. The molecule has 1 aliphatic rings. The van der Waals surface area contributed by atoms with Crippen molar-refractivity contribution in [1.82, 2.24) is 4.90 Å². The van der Waals surface area contributed by atoms with Gasteiger partial charge in [0.05, 0.1) is 12.2 Å². The van der Waals surface area contributed by atoms with E-state index >= 15 is 0 Å². The molecule has 0 bridgehead atoms. The number of rotatable bonds is 24. The summed E-state index contributed by atoms with van der Waals surface area (Å²) in [4.78, 5) is 2.36. The van der Waals surface area contributed by atoms with Gasteiger partial charge in [-0.2, -0.15) is 0 Å². The van der Waals surface area contributed by atoms with Gasteiger partial charge in [-0.25, -0.2) is 0 Å². The van der Waals surface area contributed by atoms with Crippen molar-refractivity contribution >= 4 is 0 Å². The molecule has 0 aromatic rings. The summed E-state index contributed by atoms with van der Waals surface area (Å²) in [5.41, 5.74) is 0. The molecule has 200 valence electrons. The molecule has 3 heteroatoms. The Morgan fingerprint density at radius 3 is 1.50 bits per heavy atom. The Bertz CT molecular complexity index is 476. The summed E-state index contributed by atoms with van der Waals surface area (Å²) >= 11 is 0. The summed E-state index contributed by atoms with van der Waals surface area (Å²) < 4.78 is 12.4. The van der Waals surface area contributed by atoms with Gasteiger partial charge in [-0.15, -0.1) is 0 Å². The van der Waals surface area contributed by atoms with Crippen molar-refractivity contribution in [3.8, 4) is 0 Å². The average Bonchev–Trinajstić information content (AvgIpc) is 3.19. The molecule has 1 fully saturated rings. The number of likely N-dealkylation sites (tertiary alicyclic amines) is 1. The Morgan fingerprint density at radius 2 is 0.971 bits per heavy atom. The molecule has 0 aromatic carbocycles. The van der Waals surface area contributed by atoms with Crippen molar-refractivity contribution in [2.75, 3.05) is 33.4 Å². The van der Waals surface area contributed by atoms with Gasteiger partial charge >= 0.3 is 0 Å². The molecule has 0 spiro atoms. The lowest BCUT2D eigenvalue weighted by Crippen LogP contribution is -2.30. The summed E-state index contributed by atoms with van der Waals surface area (Å²) in [7, 11) is 2.19. The zero-order valence-electron chi connectivity index (χ0n) is 23.3. The Kier molecular flexibility index (Phi) is 22.2. The molecule has 0 aromatic heterocycles. The zero-order valence-corrected chi connectivity index (χ0v) is 23.3. The fraction of sp³-hybridized carbons (Fsp3) is 0.871. The highest BCUT2D eigenvalue weighted by molar-refractivity contribution is 4.92. The number of hydrogen-bond acceptors (Lipinski definition) is 3. The third-order valence-corrected chi connectivity index (χ3v) is 6.90. The maximum Gasteiger partial charge on any atom is 0.0975 e. The third kappa shape index (κ3) is 18.7. The van der Waals surface area contributed by atoms with E-state index in [0.29, 0.717) is 0 Å². The maximum absolute atomic E-state index is 6.23. The smallest absolute Gasteiger partial charge is 0.0975 e. The van der Waals surface area contributed by atoms with E-state index in [-0.39, 0.29) is 12.2 Å². The van der Waals surface area contributed by atoms with Crippen LogP contribution >= 0.6 is 0 Å². The monoisotopic (exact) mass is 477 g/mol. The van der Waals surface area contributed by atoms with Crippen LogP contribution in [0.15, 0.2) is 24.3 Å². The minimum Gasteiger partial charge on any atom is -0.374 e. The molecule has 2 atom stereocenters. The van der Waals surface area contributed by atoms with Gasteiger partial charge in [0.1, 0.15) is 0 Å². The molecule has 1 saturated heterocycles. The molecule has 34 heavy (non-hydrogen) atoms. The van der Waals surface area contributed by atoms with E-state index in [2.05, 4.69) is 50.1 Å². The molecule has 3 nitrogen and oxygen atoms in total. The van der Waals surface area contributed by atoms with Gasteiger partial charge in [0.2, 0.25) is 0 Å². The van der Waals surface area contributed by atoms with Gasteiger partial charge < -0.3 is 14.4 Å². The maximum atomic E-state index is 6.23. The quantitative estimate of drug-likeness (QED) is 0.102. The number of allylic oxidation sites excluding steroid dienone is 4. The van der Waals surface area contributed by atoms with Crippen LogP contribution in [0.25, 0.3) is 0 Å². The first kappa shape index (κ1) is 31.4. The summed E-state index contributed by atoms with van der Waals surface area (Å²) in [6.45, 7) is 8.36. The van der Waals surface area contributed by atoms with E-state index in [1.54, 1.807) is 0 Å². The van der Waals surface area contributed by atoms with Crippen molar-refractivity contribution < 1.29 is 9.47 Å². The molecule has 0 radical (unpaired) electrons. The Balaban J connectivity index is 1.91. The average molecular weight is 478 g/mol. The van der Waals surface area contributed by atoms with Gasteiger partial charge in [-0.3, -0.25) is 0 Å². The number of ether oxygens (including phenoxy) is 2. The highest BCUT2D eigenvalue weighted by atomic mass is 16.5. The molecule has 2 unspecified atom stereocenters. The van der Waals surface area contributed by atoms with Crippen molar-refractivity contribution in [2.24, 2.45) is 0 Å². The van der Waals surface area contributed by atoms with Crippen LogP contribution in [0.5, 0.6) is 0 Å². The minimum atomic E-state index is 0.267. The van der Waals surface area contributed by atoms with Crippen molar-refractivity contribution in [2.45, 2.75) is 142 Å². The molecule has 0 amide bonds. The molecular formula is C31H59NO2. The van der Waals surface area contributed by atoms with Gasteiger partial charge in [0.25, 0.3) is 0 Å². The molecule has 1 heterocycles. The van der Waals surface area contributed by atoms with Gasteiger partial charge in [0, 0.05) is 26.3 Å². The summed E-state index contributed by atoms with van der Waals surface area (Å²) in [6, 6.07) is 0. The van der Waals surface area contributed by atoms with Gasteiger partial charge in [-0.05, 0) is 52.0 Å². The Hall–Kier alpha value is -0.640. The van der Waals surface area contributed by atoms with E-state index in [4.69, 9.17) is 9.47 Å². The third-order valence-electron chi connectivity index (χ3n) is 6.90. The van der Waals surface area contributed by atoms with E-state index in [9.17, 15) is 0 Å². The highest BCUT2D eigenvalue weighted by Gasteiger charge is 2.32. The minimum absolute atomic E-state index is 0.267. The predicted molar refractivity (Wildman–Crippen MR) is 150 cm³/mol. The topological polar surface area (TPSA) is 21.7 Å². The molecule has 0 aliphatic carbocycles. The van der Waals surface area contributed by atoms with Crippen LogP contribution in [0.1, 0.15) is 129 Å². The van der Waals surface area contributed by atoms with Crippen molar-refractivity contribution in [3.63, 3.8) is 0 Å². The van der Waals surface area contributed by atoms with E-state index in [1.807, 2.05) is 0 Å². The van der Waals surface area contributed by atoms with Gasteiger partial charge in [0.15, 0.2) is 0 Å². The second-order valence-electron chi connectivity index (χ2n) is 10.4. The fourth-order valence-electron chi connectivity index (χ4n) is 4.69. The predicted octanol–water partition coefficient (Wildman–Crippen LogP) is 8.88. The molecule has 0 N–H and O–H groups in total. The van der Waals surface area contributed by atoms with Crippen molar-refractivity contribution in [1.29, 1.82) is 0 Å². The van der Waals surface area contributed by atoms with Crippen molar-refractivity contribution in [3.05, 3.63) is 24.3 Å². The van der Waals surface area contributed by atoms with Gasteiger partial charge in [-0.1, -0.05) is 109 Å². The first-order valence-electron chi connectivity index (χ1n) is 15.0. The van der Waals surface area contributed by atoms with Crippen LogP contribution in [-0.2, 0) is 9.47 Å². The van der Waals surface area contributed by atoms with Crippen LogP contribution in [0, 0.1) is 0 Å². The molecular weight excluding hydrogens is 418 g/mol. The standard InChI is InChI=1S/C31H59NO2/c1-4-6-8-10-12-13-14-15-16-17-18-19-20-21-23-25-27-34-31-29-32(3)28-30(31)33-26-24-22-11-9-7-5-2/h12-13,15-16,30-31H,4-11,14,17-29H2,1-3H3. The lowest BCUT2D eigenvalue weighted by atomic mass is 10.1. The Morgan fingerprint density at radius 1 is 0.559 bits per heavy atom. The SMILES string of the molecule is CCCCCC=CCC=CCCCCCCCCOC1CN(C)CC1OCCCCCCCC. The second kappa shape index (κ2) is 24.1. The van der Waals surface area contributed by atoms with Crippen LogP contribution in [-0.4, -0.2) is 50.5 Å². The number of hydrogen-bond donors (Lipinski definition) is 0. The molecule has 1 aliphatic heterocycles. The fourth-order valence-corrected chi connectivity index (χ4v) is 4.69. The molecule has 0 saturated carbocycles. The normalized spacial score (nSPS) is 19.3. The van der Waals surface area contributed by atoms with E-state index in [0.717, 1.165) is 32.7 Å². The zero-order chi connectivity index (χ0) is 24.5. The van der Waals surface area contributed by atoms with Crippen LogP contribution in [0.2, 0.25) is 0 Å². The van der Waals surface area contributed by atoms with Crippen LogP contribution in [0.3, 0.4) is 0 Å². The number of unbranched alkanes of at least 4 members (excludes halogenated alkanes) is 14. The number of likely N-dealkylation sites (N-methyl/N-ethyl adjacent to an activating group) is 1. The van der Waals surface area contributed by atoms with E-state index in [1.165, 1.54) is 109 Å².